The fraction of sp³-hybridized carbons (Fsp3) is 0.154. The van der Waals surface area contributed by atoms with Gasteiger partial charge in [-0.2, -0.15) is 0 Å². The van der Waals surface area contributed by atoms with Crippen LogP contribution in [0.1, 0.15) is 22.3 Å². The number of fused-ring (bicyclic) bond motifs is 4. The van der Waals surface area contributed by atoms with Gasteiger partial charge in [-0.1, -0.05) is 72.8 Å². The molecule has 64 heavy (non-hydrogen) atoms. The summed E-state index contributed by atoms with van der Waals surface area (Å²) in [7, 11) is 0. The minimum absolute atomic E-state index is 0.0223. The van der Waals surface area contributed by atoms with E-state index in [0.717, 1.165) is 11.3 Å². The topological polar surface area (TPSA) is 167 Å². The molecule has 5 heterocycles. The Kier molecular flexibility index (Phi) is 12.6. The van der Waals surface area contributed by atoms with Crippen LogP contribution in [0.2, 0.25) is 0 Å². The van der Waals surface area contributed by atoms with Gasteiger partial charge in [0.2, 0.25) is 0 Å². The molecule has 0 atom stereocenters. The van der Waals surface area contributed by atoms with Crippen LogP contribution in [-0.4, -0.2) is 96.1 Å². The molecular formula is C52H44N4O8. The Hall–Kier alpha value is -7.48. The van der Waals surface area contributed by atoms with Crippen LogP contribution in [0, 0.1) is 0 Å². The number of allylic oxidation sites excluding steroid dienone is 12. The lowest BCUT2D eigenvalue weighted by atomic mass is 9.85. The third-order valence-corrected chi connectivity index (χ3v) is 10.5. The van der Waals surface area contributed by atoms with Gasteiger partial charge in [-0.05, 0) is 72.9 Å². The predicted octanol–water partition coefficient (Wildman–Crippen LogP) is 7.17. The Labute approximate surface area is 369 Å². The van der Waals surface area contributed by atoms with Gasteiger partial charge < -0.3 is 39.4 Å². The van der Waals surface area contributed by atoms with Crippen LogP contribution < -0.4 is 18.9 Å². The van der Waals surface area contributed by atoms with Crippen molar-refractivity contribution in [3.05, 3.63) is 191 Å². The first-order valence-electron chi connectivity index (χ1n) is 21.0. The van der Waals surface area contributed by atoms with Crippen LogP contribution in [0.25, 0.3) is 22.3 Å². The minimum Gasteiger partial charge on any atom is -0.491 e. The first-order chi connectivity index (χ1) is 31.6. The van der Waals surface area contributed by atoms with Crippen molar-refractivity contribution in [2.24, 2.45) is 20.0 Å². The quantitative estimate of drug-likeness (QED) is 0.0921. The Balaban J connectivity index is 1.46. The zero-order valence-corrected chi connectivity index (χ0v) is 34.7. The van der Waals surface area contributed by atoms with E-state index in [2.05, 4.69) is 0 Å². The molecule has 0 aliphatic carbocycles. The molecule has 12 nitrogen and oxygen atoms in total. The highest BCUT2D eigenvalue weighted by atomic mass is 16.5. The third-order valence-electron chi connectivity index (χ3n) is 10.5. The zero-order chi connectivity index (χ0) is 43.8. The summed E-state index contributed by atoms with van der Waals surface area (Å²) in [4.78, 5) is 20.9. The van der Waals surface area contributed by atoms with Crippen molar-refractivity contribution in [1.82, 2.24) is 0 Å². The Morgan fingerprint density at radius 2 is 0.797 bits per heavy atom. The maximum absolute atomic E-state index is 10.0. The zero-order valence-electron chi connectivity index (χ0n) is 34.7. The molecule has 4 N–H and O–H groups in total. The van der Waals surface area contributed by atoms with Crippen molar-refractivity contribution in [3.8, 4) is 23.0 Å². The fourth-order valence-electron chi connectivity index (χ4n) is 7.96. The second kappa shape index (κ2) is 19.3. The highest BCUT2D eigenvalue weighted by molar-refractivity contribution is 6.51. The number of aliphatic imine (C=N–C) groups is 4. The summed E-state index contributed by atoms with van der Waals surface area (Å²) in [5.74, 6) is 2.02. The van der Waals surface area contributed by atoms with Gasteiger partial charge in [0.1, 0.15) is 49.4 Å². The van der Waals surface area contributed by atoms with Crippen molar-refractivity contribution < 1.29 is 39.4 Å². The number of ether oxygens (including phenoxy) is 4. The van der Waals surface area contributed by atoms with E-state index in [1.165, 1.54) is 0 Å². The van der Waals surface area contributed by atoms with E-state index in [0.29, 0.717) is 102 Å². The second-order valence-electron chi connectivity index (χ2n) is 14.7. The maximum Gasteiger partial charge on any atom is 0.127 e. The summed E-state index contributed by atoms with van der Waals surface area (Å²) in [6.45, 7) is -0.636. The Morgan fingerprint density at radius 3 is 1.31 bits per heavy atom. The van der Waals surface area contributed by atoms with Crippen LogP contribution in [0.15, 0.2) is 188 Å². The van der Waals surface area contributed by atoms with Crippen LogP contribution >= 0.6 is 0 Å². The predicted molar refractivity (Wildman–Crippen MR) is 250 cm³/mol. The van der Waals surface area contributed by atoms with E-state index in [9.17, 15) is 20.4 Å². The molecule has 0 amide bonds. The van der Waals surface area contributed by atoms with Crippen LogP contribution in [0.4, 0.5) is 0 Å². The number of aliphatic hydroxyl groups is 4. The van der Waals surface area contributed by atoms with Gasteiger partial charge in [0.25, 0.3) is 0 Å². The standard InChI is InChI=1S/C52H44N4O8/c57-21-25-61-44-13-5-1-9-38(44)42-31-37-30-35-18-17-33(53-35)29-34-19-20-36(54-34)32-43-48(39-10-2-6-14-45(39)62-26-22-58)49(40-11-3-7-15-46(40)63-27-23-59)52(56-43)50(51(42)55-37)41-12-4-8-16-47(41)64-28-24-60/h1-20,29-32,57-60H,21-28H2. The summed E-state index contributed by atoms with van der Waals surface area (Å²) in [6.07, 6.45) is 15.5. The molecule has 4 aromatic rings. The average molecular weight is 853 g/mol. The number of hydrogen-bond acceptors (Lipinski definition) is 12. The van der Waals surface area contributed by atoms with Crippen LogP contribution in [0.5, 0.6) is 23.0 Å². The third kappa shape index (κ3) is 8.63. The van der Waals surface area contributed by atoms with Crippen LogP contribution in [0.3, 0.4) is 0 Å². The molecular weight excluding hydrogens is 809 g/mol. The second-order valence-corrected chi connectivity index (χ2v) is 14.7. The molecule has 8 bridgehead atoms. The molecule has 0 fully saturated rings. The van der Waals surface area contributed by atoms with E-state index in [1.54, 1.807) is 0 Å². The van der Waals surface area contributed by atoms with Gasteiger partial charge in [0.05, 0.1) is 72.1 Å². The van der Waals surface area contributed by atoms with E-state index in [1.807, 2.05) is 146 Å². The first kappa shape index (κ1) is 41.9. The molecule has 0 saturated heterocycles. The van der Waals surface area contributed by atoms with Crippen molar-refractivity contribution in [1.29, 1.82) is 0 Å². The molecule has 0 saturated carbocycles. The van der Waals surface area contributed by atoms with Crippen molar-refractivity contribution in [2.45, 2.75) is 0 Å². The van der Waals surface area contributed by atoms with Crippen molar-refractivity contribution in [3.63, 3.8) is 0 Å². The van der Waals surface area contributed by atoms with Gasteiger partial charge in [-0.25, -0.2) is 20.0 Å². The monoisotopic (exact) mass is 852 g/mol. The average Bonchev–Trinajstić information content (AvgIpc) is 4.14. The molecule has 5 aliphatic heterocycles. The summed E-state index contributed by atoms with van der Waals surface area (Å²) < 4.78 is 25.0. The van der Waals surface area contributed by atoms with Crippen molar-refractivity contribution in [2.75, 3.05) is 52.9 Å². The molecule has 4 aromatic carbocycles. The van der Waals surface area contributed by atoms with Gasteiger partial charge >= 0.3 is 0 Å². The molecule has 0 spiro atoms. The molecule has 0 unspecified atom stereocenters. The van der Waals surface area contributed by atoms with Gasteiger partial charge in [-0.15, -0.1) is 0 Å². The number of aliphatic hydroxyl groups excluding tert-OH is 4. The number of para-hydroxylation sites is 4. The lowest BCUT2D eigenvalue weighted by Crippen LogP contribution is -2.11. The number of benzene rings is 4. The van der Waals surface area contributed by atoms with Gasteiger partial charge in [0, 0.05) is 44.5 Å². The molecule has 320 valence electrons. The summed E-state index contributed by atoms with van der Waals surface area (Å²) in [5.41, 5.74) is 10.3. The van der Waals surface area contributed by atoms with E-state index >= 15 is 0 Å². The van der Waals surface area contributed by atoms with E-state index in [-0.39, 0.29) is 52.9 Å². The summed E-state index contributed by atoms with van der Waals surface area (Å²) in [5, 5.41) is 39.8. The highest BCUT2D eigenvalue weighted by Gasteiger charge is 2.36. The maximum atomic E-state index is 10.0. The summed E-state index contributed by atoms with van der Waals surface area (Å²) in [6, 6.07) is 30.4. The van der Waals surface area contributed by atoms with Gasteiger partial charge in [0.15, 0.2) is 0 Å². The fourth-order valence-corrected chi connectivity index (χ4v) is 7.96. The Bertz CT molecular complexity index is 2890. The molecule has 5 aliphatic rings. The van der Waals surface area contributed by atoms with E-state index in [4.69, 9.17) is 38.9 Å². The molecule has 0 radical (unpaired) electrons. The first-order valence-corrected chi connectivity index (χ1v) is 21.0. The molecule has 0 aromatic heterocycles. The normalized spacial score (nSPS) is 16.2. The van der Waals surface area contributed by atoms with E-state index < -0.39 is 0 Å². The largest absolute Gasteiger partial charge is 0.491 e. The van der Waals surface area contributed by atoms with Crippen LogP contribution in [-0.2, 0) is 0 Å². The smallest absolute Gasteiger partial charge is 0.127 e. The number of hydrogen-bond donors (Lipinski definition) is 4. The molecule has 12 heteroatoms. The SMILES string of the molecule is OCCOc1ccccc1C1=CC2=CC3=NC(=CC4=NC(=CC5=NC(=C(c6ccccc6OCCO)C1=N2)C(c1ccccc1OCCO)=C5c1ccccc1OCCO)C=C4)C=C3. The lowest BCUT2D eigenvalue weighted by Gasteiger charge is -2.21. The van der Waals surface area contributed by atoms with Gasteiger partial charge in [-0.3, -0.25) is 0 Å². The number of rotatable bonds is 16. The van der Waals surface area contributed by atoms with Crippen molar-refractivity contribution >= 4 is 45.1 Å². The summed E-state index contributed by atoms with van der Waals surface area (Å²) >= 11 is 0. The Morgan fingerprint density at radius 1 is 0.375 bits per heavy atom. The molecule has 9 rings (SSSR count). The minimum atomic E-state index is -0.220. The lowest BCUT2D eigenvalue weighted by molar-refractivity contribution is 0.201. The number of nitrogens with zero attached hydrogens (tertiary/aromatic N) is 4. The highest BCUT2D eigenvalue weighted by Crippen LogP contribution is 2.50.